The number of nitrogens with one attached hydrogen (secondary N) is 2. The second-order valence-corrected chi connectivity index (χ2v) is 6.69. The van der Waals surface area contributed by atoms with Gasteiger partial charge in [-0.05, 0) is 24.1 Å². The molecule has 0 unspecified atom stereocenters. The van der Waals surface area contributed by atoms with Gasteiger partial charge in [0.2, 0.25) is 5.88 Å². The minimum absolute atomic E-state index is 0.494. The van der Waals surface area contributed by atoms with E-state index in [0.29, 0.717) is 19.0 Å². The fourth-order valence-electron chi connectivity index (χ4n) is 2.91. The number of guanidine groups is 1. The van der Waals surface area contributed by atoms with Gasteiger partial charge in [-0.2, -0.15) is 0 Å². The average Bonchev–Trinajstić information content (AvgIpc) is 3.24. The molecule has 0 saturated carbocycles. The van der Waals surface area contributed by atoms with E-state index in [1.807, 2.05) is 49.4 Å². The summed E-state index contributed by atoms with van der Waals surface area (Å²) in [7, 11) is 0. The van der Waals surface area contributed by atoms with Crippen LogP contribution >= 0.6 is 0 Å². The first-order chi connectivity index (χ1) is 14.8. The zero-order valence-corrected chi connectivity index (χ0v) is 17.6. The molecule has 0 saturated heterocycles. The van der Waals surface area contributed by atoms with Crippen LogP contribution in [0.15, 0.2) is 60.0 Å². The first kappa shape index (κ1) is 21.3. The van der Waals surface area contributed by atoms with Gasteiger partial charge in [0.25, 0.3) is 0 Å². The third kappa shape index (κ3) is 6.58. The quantitative estimate of drug-likeness (QED) is 0.397. The molecule has 1 aromatic carbocycles. The van der Waals surface area contributed by atoms with Crippen molar-refractivity contribution < 1.29 is 4.74 Å². The molecular weight excluding hydrogens is 378 g/mol. The largest absolute Gasteiger partial charge is 0.473 e. The van der Waals surface area contributed by atoms with Crippen molar-refractivity contribution in [1.82, 2.24) is 30.4 Å². The predicted molar refractivity (Wildman–Crippen MR) is 117 cm³/mol. The summed E-state index contributed by atoms with van der Waals surface area (Å²) in [5.41, 5.74) is 2.15. The maximum Gasteiger partial charge on any atom is 0.213 e. The minimum atomic E-state index is 0.494. The number of aryl methyl sites for hydroxylation is 1. The normalized spacial score (nSPS) is 11.3. The van der Waals surface area contributed by atoms with Crippen molar-refractivity contribution in [1.29, 1.82) is 0 Å². The molecule has 158 valence electrons. The highest BCUT2D eigenvalue weighted by molar-refractivity contribution is 5.79. The van der Waals surface area contributed by atoms with Crippen LogP contribution in [0.25, 0.3) is 0 Å². The molecule has 0 radical (unpaired) electrons. The molecule has 8 nitrogen and oxygen atoms in total. The molecule has 0 amide bonds. The Morgan fingerprint density at radius 2 is 1.97 bits per heavy atom. The molecule has 2 N–H and O–H groups in total. The number of hydrogen-bond donors (Lipinski definition) is 2. The molecular formula is C22H29N7O. The van der Waals surface area contributed by atoms with E-state index in [2.05, 4.69) is 42.3 Å². The van der Waals surface area contributed by atoms with Gasteiger partial charge >= 0.3 is 0 Å². The molecule has 0 aliphatic heterocycles. The van der Waals surface area contributed by atoms with Crippen molar-refractivity contribution in [2.45, 2.75) is 40.0 Å². The van der Waals surface area contributed by atoms with Crippen molar-refractivity contribution in [3.63, 3.8) is 0 Å². The summed E-state index contributed by atoms with van der Waals surface area (Å²) in [5.74, 6) is 2.36. The molecule has 0 aliphatic carbocycles. The maximum absolute atomic E-state index is 5.81. The molecule has 0 spiro atoms. The van der Waals surface area contributed by atoms with E-state index >= 15 is 0 Å². The Bertz CT molecular complexity index is 924. The highest BCUT2D eigenvalue weighted by atomic mass is 16.5. The number of nitrogens with zero attached hydrogens (tertiary/aromatic N) is 5. The van der Waals surface area contributed by atoms with Crippen LogP contribution in [0.2, 0.25) is 0 Å². The predicted octanol–water partition coefficient (Wildman–Crippen LogP) is 2.57. The van der Waals surface area contributed by atoms with E-state index in [1.165, 1.54) is 0 Å². The Hall–Kier alpha value is -3.42. The third-order valence-electron chi connectivity index (χ3n) is 4.45. The van der Waals surface area contributed by atoms with Crippen LogP contribution in [0.1, 0.15) is 30.8 Å². The van der Waals surface area contributed by atoms with Gasteiger partial charge in [-0.25, -0.2) is 9.98 Å². The smallest absolute Gasteiger partial charge is 0.213 e. The number of ether oxygens (including phenoxy) is 1. The summed E-state index contributed by atoms with van der Waals surface area (Å²) in [5, 5.41) is 14.7. The maximum atomic E-state index is 5.81. The lowest BCUT2D eigenvalue weighted by Gasteiger charge is -2.12. The number of pyridine rings is 1. The SMILES string of the molecule is CCNC(=NCc1ccnc(OCc2ccccc2)c1)NCCn1cnnc1CC. The zero-order valence-electron chi connectivity index (χ0n) is 17.6. The van der Waals surface area contributed by atoms with Crippen molar-refractivity contribution in [3.8, 4) is 5.88 Å². The van der Waals surface area contributed by atoms with Crippen LogP contribution < -0.4 is 15.4 Å². The minimum Gasteiger partial charge on any atom is -0.473 e. The standard InChI is InChI=1S/C22H29N7O/c1-3-20-28-27-17-29(20)13-12-25-22(23-4-2)26-15-19-10-11-24-21(14-19)30-16-18-8-6-5-7-9-18/h5-11,14,17H,3-4,12-13,15-16H2,1-2H3,(H2,23,25,26). The van der Waals surface area contributed by atoms with E-state index in [-0.39, 0.29) is 0 Å². The van der Waals surface area contributed by atoms with E-state index in [4.69, 9.17) is 4.74 Å². The Balaban J connectivity index is 1.53. The van der Waals surface area contributed by atoms with Crippen molar-refractivity contribution >= 4 is 5.96 Å². The molecule has 0 fully saturated rings. The second kappa shape index (κ2) is 11.5. The molecule has 3 rings (SSSR count). The summed E-state index contributed by atoms with van der Waals surface area (Å²) in [4.78, 5) is 8.97. The fourth-order valence-corrected chi connectivity index (χ4v) is 2.91. The van der Waals surface area contributed by atoms with Gasteiger partial charge in [0.05, 0.1) is 6.54 Å². The Morgan fingerprint density at radius 3 is 2.77 bits per heavy atom. The highest BCUT2D eigenvalue weighted by Gasteiger charge is 2.03. The van der Waals surface area contributed by atoms with Crippen LogP contribution in [-0.4, -0.2) is 38.8 Å². The van der Waals surface area contributed by atoms with Gasteiger partial charge in [0.1, 0.15) is 18.8 Å². The van der Waals surface area contributed by atoms with Crippen LogP contribution in [0.4, 0.5) is 0 Å². The third-order valence-corrected chi connectivity index (χ3v) is 4.45. The van der Waals surface area contributed by atoms with Gasteiger partial charge in [-0.3, -0.25) is 0 Å². The van der Waals surface area contributed by atoms with Crippen molar-refractivity contribution in [2.24, 2.45) is 4.99 Å². The molecule has 0 bridgehead atoms. The van der Waals surface area contributed by atoms with Crippen LogP contribution in [0.3, 0.4) is 0 Å². The first-order valence-electron chi connectivity index (χ1n) is 10.3. The van der Waals surface area contributed by atoms with E-state index in [9.17, 15) is 0 Å². The number of rotatable bonds is 10. The van der Waals surface area contributed by atoms with E-state index in [1.54, 1.807) is 12.5 Å². The summed E-state index contributed by atoms with van der Waals surface area (Å²) < 4.78 is 7.86. The molecule has 8 heteroatoms. The summed E-state index contributed by atoms with van der Waals surface area (Å²) in [6, 6.07) is 13.9. The monoisotopic (exact) mass is 407 g/mol. The topological polar surface area (TPSA) is 89.3 Å². The van der Waals surface area contributed by atoms with Gasteiger partial charge in [-0.1, -0.05) is 37.3 Å². The van der Waals surface area contributed by atoms with E-state index < -0.39 is 0 Å². The Labute approximate surface area is 177 Å². The lowest BCUT2D eigenvalue weighted by Crippen LogP contribution is -2.38. The molecule has 0 atom stereocenters. The second-order valence-electron chi connectivity index (χ2n) is 6.69. The first-order valence-corrected chi connectivity index (χ1v) is 10.3. The van der Waals surface area contributed by atoms with Crippen LogP contribution in [0, 0.1) is 0 Å². The lowest BCUT2D eigenvalue weighted by molar-refractivity contribution is 0.293. The Kier molecular flexibility index (Phi) is 8.20. The summed E-state index contributed by atoms with van der Waals surface area (Å²) in [6.07, 6.45) is 4.38. The number of aromatic nitrogens is 4. The average molecular weight is 408 g/mol. The lowest BCUT2D eigenvalue weighted by atomic mass is 10.2. The van der Waals surface area contributed by atoms with Crippen LogP contribution in [-0.2, 0) is 26.1 Å². The van der Waals surface area contributed by atoms with Gasteiger partial charge in [0.15, 0.2) is 5.96 Å². The van der Waals surface area contributed by atoms with Gasteiger partial charge in [-0.15, -0.1) is 10.2 Å². The fraction of sp³-hybridized carbons (Fsp3) is 0.364. The zero-order chi connectivity index (χ0) is 21.0. The van der Waals surface area contributed by atoms with Crippen LogP contribution in [0.5, 0.6) is 5.88 Å². The Morgan fingerprint density at radius 1 is 1.10 bits per heavy atom. The molecule has 3 aromatic rings. The molecule has 30 heavy (non-hydrogen) atoms. The number of benzene rings is 1. The van der Waals surface area contributed by atoms with Gasteiger partial charge < -0.3 is 19.9 Å². The molecule has 2 heterocycles. The van der Waals surface area contributed by atoms with E-state index in [0.717, 1.165) is 49.0 Å². The van der Waals surface area contributed by atoms with Gasteiger partial charge in [0, 0.05) is 38.3 Å². The summed E-state index contributed by atoms with van der Waals surface area (Å²) >= 11 is 0. The molecule has 2 aromatic heterocycles. The van der Waals surface area contributed by atoms with Crippen molar-refractivity contribution in [3.05, 3.63) is 71.9 Å². The number of aliphatic imine (C=N–C) groups is 1. The molecule has 0 aliphatic rings. The van der Waals surface area contributed by atoms with Crippen molar-refractivity contribution in [2.75, 3.05) is 13.1 Å². The highest BCUT2D eigenvalue weighted by Crippen LogP contribution is 2.12. The summed E-state index contributed by atoms with van der Waals surface area (Å²) in [6.45, 7) is 7.46. The number of hydrogen-bond acceptors (Lipinski definition) is 5.